The van der Waals surface area contributed by atoms with Crippen molar-refractivity contribution in [2.45, 2.75) is 17.1 Å². The lowest BCUT2D eigenvalue weighted by atomic mass is 10.1. The number of hydrogen-bond donors (Lipinski definition) is 3. The van der Waals surface area contributed by atoms with Crippen LogP contribution in [0.1, 0.15) is 22.3 Å². The maximum atomic E-state index is 12.3. The van der Waals surface area contributed by atoms with Gasteiger partial charge in [-0.1, -0.05) is 36.4 Å². The van der Waals surface area contributed by atoms with E-state index in [0.29, 0.717) is 0 Å². The predicted molar refractivity (Wildman–Crippen MR) is 117 cm³/mol. The standard InChI is InChI=1S/C20H23N3O7S2/c21-20(26)18-9-5-4-6-15(18)14-31(27,28)11-10-19(25)22-12-16(24)13-23-32(29,30)17-7-2-1-3-8-17/h1-9,23H,10-14H2,(H2,21,26)(H,22,25). The van der Waals surface area contributed by atoms with Crippen LogP contribution in [0.2, 0.25) is 0 Å². The summed E-state index contributed by atoms with van der Waals surface area (Å²) in [6.45, 7) is -0.986. The van der Waals surface area contributed by atoms with E-state index in [1.807, 2.05) is 0 Å². The normalized spacial score (nSPS) is 11.6. The molecule has 2 aromatic carbocycles. The van der Waals surface area contributed by atoms with Gasteiger partial charge in [0.1, 0.15) is 0 Å². The van der Waals surface area contributed by atoms with E-state index >= 15 is 0 Å². The highest BCUT2D eigenvalue weighted by atomic mass is 32.2. The summed E-state index contributed by atoms with van der Waals surface area (Å²) >= 11 is 0. The number of carbonyl (C=O) groups excluding carboxylic acids is 3. The zero-order chi connectivity index (χ0) is 23.8. The fraction of sp³-hybridized carbons (Fsp3) is 0.250. The number of ketones is 1. The molecular formula is C20H23N3O7S2. The van der Waals surface area contributed by atoms with Gasteiger partial charge in [0.2, 0.25) is 21.8 Å². The molecule has 0 radical (unpaired) electrons. The van der Waals surface area contributed by atoms with Crippen molar-refractivity contribution in [2.75, 3.05) is 18.8 Å². The van der Waals surface area contributed by atoms with Crippen LogP contribution >= 0.6 is 0 Å². The van der Waals surface area contributed by atoms with Gasteiger partial charge in [0.25, 0.3) is 0 Å². The fourth-order valence-electron chi connectivity index (χ4n) is 2.65. The fourth-order valence-corrected chi connectivity index (χ4v) is 5.05. The van der Waals surface area contributed by atoms with Crippen LogP contribution in [-0.4, -0.2) is 53.3 Å². The van der Waals surface area contributed by atoms with Gasteiger partial charge in [0, 0.05) is 12.0 Å². The first kappa shape index (κ1) is 25.2. The molecule has 4 N–H and O–H groups in total. The maximum Gasteiger partial charge on any atom is 0.249 e. The molecule has 0 unspecified atom stereocenters. The number of carbonyl (C=O) groups is 3. The van der Waals surface area contributed by atoms with Gasteiger partial charge >= 0.3 is 0 Å². The molecule has 0 saturated heterocycles. The van der Waals surface area contributed by atoms with E-state index in [-0.39, 0.29) is 16.0 Å². The summed E-state index contributed by atoms with van der Waals surface area (Å²) in [4.78, 5) is 35.2. The summed E-state index contributed by atoms with van der Waals surface area (Å²) in [5.41, 5.74) is 5.56. The van der Waals surface area contributed by atoms with E-state index in [1.165, 1.54) is 36.4 Å². The zero-order valence-electron chi connectivity index (χ0n) is 17.0. The Labute approximate surface area is 186 Å². The third-order valence-corrected chi connectivity index (χ3v) is 7.29. The van der Waals surface area contributed by atoms with Crippen LogP contribution in [0.3, 0.4) is 0 Å². The third-order valence-electron chi connectivity index (χ3n) is 4.29. The van der Waals surface area contributed by atoms with Gasteiger partial charge in [0.05, 0.1) is 29.5 Å². The predicted octanol–water partition coefficient (Wildman–Crippen LogP) is -0.246. The maximum absolute atomic E-state index is 12.3. The molecule has 0 fully saturated rings. The molecular weight excluding hydrogens is 458 g/mol. The van der Waals surface area contributed by atoms with Gasteiger partial charge in [-0.25, -0.2) is 21.6 Å². The molecule has 0 heterocycles. The molecule has 0 atom stereocenters. The van der Waals surface area contributed by atoms with E-state index < -0.39 is 68.5 Å². The zero-order valence-corrected chi connectivity index (χ0v) is 18.6. The van der Waals surface area contributed by atoms with Crippen LogP contribution in [0.15, 0.2) is 59.5 Å². The molecule has 0 spiro atoms. The number of rotatable bonds is 12. The largest absolute Gasteiger partial charge is 0.366 e. The number of amides is 2. The summed E-state index contributed by atoms with van der Waals surface area (Å²) in [6.07, 6.45) is -0.399. The van der Waals surface area contributed by atoms with E-state index in [2.05, 4.69) is 10.0 Å². The van der Waals surface area contributed by atoms with E-state index in [9.17, 15) is 31.2 Å². The first-order chi connectivity index (χ1) is 15.0. The van der Waals surface area contributed by atoms with Gasteiger partial charge < -0.3 is 11.1 Å². The minimum absolute atomic E-state index is 0.0000451. The quantitative estimate of drug-likeness (QED) is 0.375. The van der Waals surface area contributed by atoms with Crippen molar-refractivity contribution in [1.29, 1.82) is 0 Å². The molecule has 10 nitrogen and oxygen atoms in total. The molecule has 0 bridgehead atoms. The number of primary amides is 1. The molecule has 0 saturated carbocycles. The van der Waals surface area contributed by atoms with Crippen molar-refractivity contribution in [1.82, 2.24) is 10.0 Å². The Balaban J connectivity index is 1.79. The molecule has 2 aromatic rings. The molecule has 2 rings (SSSR count). The number of nitrogens with one attached hydrogen (secondary N) is 2. The highest BCUT2D eigenvalue weighted by Gasteiger charge is 2.19. The highest BCUT2D eigenvalue weighted by Crippen LogP contribution is 2.13. The number of sulfonamides is 1. The summed E-state index contributed by atoms with van der Waals surface area (Å²) in [6, 6.07) is 13.5. The van der Waals surface area contributed by atoms with Gasteiger partial charge in [-0.15, -0.1) is 0 Å². The van der Waals surface area contributed by atoms with Gasteiger partial charge in [-0.05, 0) is 23.8 Å². The van der Waals surface area contributed by atoms with Crippen LogP contribution in [0, 0.1) is 0 Å². The van der Waals surface area contributed by atoms with Gasteiger partial charge in [-0.2, -0.15) is 0 Å². The monoisotopic (exact) mass is 481 g/mol. The number of sulfone groups is 1. The average Bonchev–Trinajstić information content (AvgIpc) is 2.75. The molecule has 32 heavy (non-hydrogen) atoms. The van der Waals surface area contributed by atoms with Crippen LogP contribution in [0.4, 0.5) is 0 Å². The molecule has 0 aliphatic carbocycles. The summed E-state index contributed by atoms with van der Waals surface area (Å²) in [7, 11) is -7.59. The Kier molecular flexibility index (Phi) is 8.63. The third kappa shape index (κ3) is 7.87. The molecule has 2 amide bonds. The van der Waals surface area contributed by atoms with Crippen LogP contribution in [0.25, 0.3) is 0 Å². The average molecular weight is 482 g/mol. The van der Waals surface area contributed by atoms with Crippen molar-refractivity contribution in [2.24, 2.45) is 5.73 Å². The van der Waals surface area contributed by atoms with E-state index in [0.717, 1.165) is 0 Å². The minimum atomic E-state index is -3.86. The van der Waals surface area contributed by atoms with E-state index in [4.69, 9.17) is 5.73 Å². The van der Waals surface area contributed by atoms with Gasteiger partial charge in [-0.3, -0.25) is 14.4 Å². The van der Waals surface area contributed by atoms with Crippen LogP contribution in [-0.2, 0) is 35.2 Å². The number of Topliss-reactive ketones (excluding diaryl/α,β-unsaturated/α-hetero) is 1. The smallest absolute Gasteiger partial charge is 0.249 e. The lowest BCUT2D eigenvalue weighted by molar-refractivity contribution is -0.124. The molecule has 0 aliphatic rings. The lowest BCUT2D eigenvalue weighted by Crippen LogP contribution is -2.37. The highest BCUT2D eigenvalue weighted by molar-refractivity contribution is 7.90. The Hall–Kier alpha value is -3.09. The minimum Gasteiger partial charge on any atom is -0.366 e. The Morgan fingerprint density at radius 1 is 0.844 bits per heavy atom. The second-order valence-electron chi connectivity index (χ2n) is 6.82. The Bertz CT molecular complexity index is 1190. The van der Waals surface area contributed by atoms with Crippen molar-refractivity contribution >= 4 is 37.5 Å². The Morgan fingerprint density at radius 3 is 2.12 bits per heavy atom. The first-order valence-corrected chi connectivity index (χ1v) is 12.7. The summed E-state index contributed by atoms with van der Waals surface area (Å²) in [5, 5.41) is 2.26. The Morgan fingerprint density at radius 2 is 1.47 bits per heavy atom. The number of benzene rings is 2. The van der Waals surface area contributed by atoms with Crippen molar-refractivity contribution in [3.63, 3.8) is 0 Å². The number of nitrogens with two attached hydrogens (primary N) is 1. The first-order valence-electron chi connectivity index (χ1n) is 9.41. The molecule has 0 aliphatic heterocycles. The second kappa shape index (κ2) is 11.0. The van der Waals surface area contributed by atoms with Crippen LogP contribution < -0.4 is 15.8 Å². The molecule has 0 aromatic heterocycles. The second-order valence-corrected chi connectivity index (χ2v) is 10.8. The van der Waals surface area contributed by atoms with Crippen molar-refractivity contribution in [3.05, 3.63) is 65.7 Å². The number of hydrogen-bond acceptors (Lipinski definition) is 7. The van der Waals surface area contributed by atoms with Crippen molar-refractivity contribution in [3.8, 4) is 0 Å². The molecule has 12 heteroatoms. The topological polar surface area (TPSA) is 170 Å². The van der Waals surface area contributed by atoms with Crippen LogP contribution in [0.5, 0.6) is 0 Å². The SMILES string of the molecule is NC(=O)c1ccccc1CS(=O)(=O)CCC(=O)NCC(=O)CNS(=O)(=O)c1ccccc1. The summed E-state index contributed by atoms with van der Waals surface area (Å²) in [5.74, 6) is -3.00. The van der Waals surface area contributed by atoms with Crippen molar-refractivity contribution < 1.29 is 31.2 Å². The molecule has 172 valence electrons. The lowest BCUT2D eigenvalue weighted by Gasteiger charge is -2.09. The van der Waals surface area contributed by atoms with E-state index in [1.54, 1.807) is 18.2 Å². The van der Waals surface area contributed by atoms with Gasteiger partial charge in [0.15, 0.2) is 15.6 Å². The summed E-state index contributed by atoms with van der Waals surface area (Å²) < 4.78 is 50.8.